The average molecular weight is 239 g/mol. The van der Waals surface area contributed by atoms with E-state index in [1.54, 1.807) is 0 Å². The molecule has 0 saturated carbocycles. The van der Waals surface area contributed by atoms with Gasteiger partial charge in [0.2, 0.25) is 0 Å². The number of Topliss-reactive ketones (excluding diaryl/α,β-unsaturated/α-hetero) is 1. The zero-order chi connectivity index (χ0) is 11.6. The molecular weight excluding hydrogens is 213 g/mol. The predicted octanol–water partition coefficient (Wildman–Crippen LogP) is 1.10. The molecule has 0 aromatic rings. The molecule has 0 fully saturated rings. The molecule has 0 bridgehead atoms. The van der Waals surface area contributed by atoms with Crippen LogP contribution < -0.4 is 51.4 Å². The van der Waals surface area contributed by atoms with E-state index in [1.807, 2.05) is 13.8 Å². The summed E-state index contributed by atoms with van der Waals surface area (Å²) in [5.41, 5.74) is 6.84. The van der Waals surface area contributed by atoms with Crippen molar-refractivity contribution in [2.45, 2.75) is 53.9 Å². The van der Waals surface area contributed by atoms with E-state index in [9.17, 15) is 4.79 Å². The van der Waals surface area contributed by atoms with Crippen LogP contribution in [0.2, 0.25) is 0 Å². The molecule has 86 valence electrons. The first kappa shape index (κ1) is 21.5. The van der Waals surface area contributed by atoms with Gasteiger partial charge >= 0.3 is 51.4 Å². The summed E-state index contributed by atoms with van der Waals surface area (Å²) in [5.74, 6) is 1.33. The number of unbranched alkanes of at least 4 members (excludes halogenated alkanes) is 1. The minimum Gasteiger partial charge on any atom is -0.677 e. The fourth-order valence-corrected chi connectivity index (χ4v) is 0.713. The van der Waals surface area contributed by atoms with Gasteiger partial charge in [-0.05, 0) is 12.3 Å². The van der Waals surface area contributed by atoms with Crippen LogP contribution in [-0.4, -0.2) is 12.3 Å². The van der Waals surface area contributed by atoms with Crippen molar-refractivity contribution in [2.24, 2.45) is 11.8 Å². The van der Waals surface area contributed by atoms with E-state index in [-0.39, 0.29) is 57.3 Å². The van der Waals surface area contributed by atoms with Crippen LogP contribution in [0.3, 0.4) is 0 Å². The van der Waals surface area contributed by atoms with Crippen molar-refractivity contribution >= 4 is 5.78 Å². The number of nitrogens with one attached hydrogen (secondary N) is 1. The largest absolute Gasteiger partial charge is 1.00 e. The maximum absolute atomic E-state index is 11.0. The summed E-state index contributed by atoms with van der Waals surface area (Å²) < 4.78 is 0. The number of ketones is 1. The molecule has 0 unspecified atom stereocenters. The number of hydrogen-bond donors (Lipinski definition) is 0. The Bertz CT molecular complexity index is 133. The van der Waals surface area contributed by atoms with Crippen LogP contribution in [0, 0.1) is 11.8 Å². The maximum atomic E-state index is 11.0. The fraction of sp³-hybridized carbons (Fsp3) is 0.917. The fourth-order valence-electron chi connectivity index (χ4n) is 0.713. The summed E-state index contributed by atoms with van der Waals surface area (Å²) in [6.45, 7) is 10.8. The Balaban J connectivity index is -0.000000249. The molecule has 0 rings (SSSR count). The van der Waals surface area contributed by atoms with Gasteiger partial charge in [0.25, 0.3) is 0 Å². The summed E-state index contributed by atoms with van der Waals surface area (Å²) in [5, 5.41) is 0. The Morgan fingerprint density at radius 1 is 1.07 bits per heavy atom. The normalized spacial score (nSPS) is 9.33. The molecule has 15 heavy (non-hydrogen) atoms. The standard InChI is InChI=1S/C8H16NO.C4H10.K/c1-7(2)8(10)5-3-4-6-9;1-4(2)3;/h7,9H,3-6H2,1-2H3;4H,1-3H3;/q-1;;+1. The summed E-state index contributed by atoms with van der Waals surface area (Å²) in [6.07, 6.45) is 2.41. The van der Waals surface area contributed by atoms with Crippen molar-refractivity contribution in [1.82, 2.24) is 0 Å². The topological polar surface area (TPSA) is 40.9 Å². The molecule has 0 atom stereocenters. The van der Waals surface area contributed by atoms with Crippen LogP contribution in [0.25, 0.3) is 5.73 Å². The van der Waals surface area contributed by atoms with Crippen molar-refractivity contribution in [1.29, 1.82) is 0 Å². The number of carbonyl (C=O) groups excluding carboxylic acids is 1. The second-order valence-corrected chi connectivity index (χ2v) is 4.56. The SMILES string of the molecule is CC(C)C.CC(C)C(=O)CCCC[NH-].[K+]. The second-order valence-electron chi connectivity index (χ2n) is 4.56. The third kappa shape index (κ3) is 25.5. The third-order valence-electron chi connectivity index (χ3n) is 1.49. The summed E-state index contributed by atoms with van der Waals surface area (Å²) >= 11 is 0. The molecule has 0 aromatic heterocycles. The van der Waals surface area contributed by atoms with E-state index in [4.69, 9.17) is 5.73 Å². The van der Waals surface area contributed by atoms with Crippen LogP contribution in [0.5, 0.6) is 0 Å². The van der Waals surface area contributed by atoms with Crippen molar-refractivity contribution in [3.63, 3.8) is 0 Å². The van der Waals surface area contributed by atoms with Crippen molar-refractivity contribution in [3.8, 4) is 0 Å². The minimum atomic E-state index is 0. The first-order valence-electron chi connectivity index (χ1n) is 5.59. The Morgan fingerprint density at radius 2 is 1.47 bits per heavy atom. The van der Waals surface area contributed by atoms with Gasteiger partial charge in [-0.2, -0.15) is 6.54 Å². The molecule has 0 aromatic carbocycles. The van der Waals surface area contributed by atoms with Gasteiger partial charge in [0.05, 0.1) is 0 Å². The molecule has 0 spiro atoms. The van der Waals surface area contributed by atoms with Crippen LogP contribution in [0.1, 0.15) is 53.9 Å². The molecule has 0 saturated heterocycles. The molecule has 2 nitrogen and oxygen atoms in total. The first-order chi connectivity index (χ1) is 6.41. The molecule has 0 amide bonds. The van der Waals surface area contributed by atoms with E-state index >= 15 is 0 Å². The van der Waals surface area contributed by atoms with Gasteiger partial charge < -0.3 is 5.73 Å². The zero-order valence-corrected chi connectivity index (χ0v) is 14.5. The molecule has 0 aliphatic heterocycles. The summed E-state index contributed by atoms with van der Waals surface area (Å²) in [6, 6.07) is 0. The van der Waals surface area contributed by atoms with Crippen LogP contribution in [0.15, 0.2) is 0 Å². The van der Waals surface area contributed by atoms with Crippen molar-refractivity contribution < 1.29 is 56.2 Å². The average Bonchev–Trinajstić information content (AvgIpc) is 2.03. The van der Waals surface area contributed by atoms with E-state index in [0.29, 0.717) is 18.7 Å². The van der Waals surface area contributed by atoms with Gasteiger partial charge in [-0.15, -0.1) is 0 Å². The Kier molecular flexibility index (Phi) is 21.9. The van der Waals surface area contributed by atoms with Crippen molar-refractivity contribution in [2.75, 3.05) is 6.54 Å². The van der Waals surface area contributed by atoms with E-state index in [2.05, 4.69) is 20.8 Å². The molecule has 0 aliphatic carbocycles. The van der Waals surface area contributed by atoms with E-state index < -0.39 is 0 Å². The second kappa shape index (κ2) is 15.3. The quantitative estimate of drug-likeness (QED) is 0.523. The van der Waals surface area contributed by atoms with Crippen molar-refractivity contribution in [3.05, 3.63) is 5.73 Å². The number of rotatable bonds is 5. The molecule has 3 heteroatoms. The number of hydrogen-bond acceptors (Lipinski definition) is 1. The van der Waals surface area contributed by atoms with Gasteiger partial charge in [0.1, 0.15) is 5.78 Å². The monoisotopic (exact) mass is 239 g/mol. The molecular formula is C12H26KNO. The predicted molar refractivity (Wildman–Crippen MR) is 63.4 cm³/mol. The molecule has 1 N–H and O–H groups in total. The minimum absolute atomic E-state index is 0. The Hall–Kier alpha value is 1.27. The summed E-state index contributed by atoms with van der Waals surface area (Å²) in [7, 11) is 0. The summed E-state index contributed by atoms with van der Waals surface area (Å²) in [4.78, 5) is 11.0. The third-order valence-corrected chi connectivity index (χ3v) is 1.49. The van der Waals surface area contributed by atoms with Gasteiger partial charge in [-0.3, -0.25) is 4.79 Å². The molecule has 0 radical (unpaired) electrons. The van der Waals surface area contributed by atoms with Gasteiger partial charge in [0.15, 0.2) is 0 Å². The van der Waals surface area contributed by atoms with E-state index in [1.165, 1.54) is 0 Å². The van der Waals surface area contributed by atoms with Crippen LogP contribution in [-0.2, 0) is 4.79 Å². The van der Waals surface area contributed by atoms with Crippen LogP contribution >= 0.6 is 0 Å². The molecule has 0 heterocycles. The van der Waals surface area contributed by atoms with Gasteiger partial charge in [0, 0.05) is 12.3 Å². The molecule has 0 aliphatic rings. The first-order valence-corrected chi connectivity index (χ1v) is 5.59. The Labute approximate surface area is 138 Å². The van der Waals surface area contributed by atoms with Crippen LogP contribution in [0.4, 0.5) is 0 Å². The number of carbonyl (C=O) groups is 1. The maximum Gasteiger partial charge on any atom is 1.00 e. The zero-order valence-electron chi connectivity index (χ0n) is 11.4. The Morgan fingerprint density at radius 3 is 1.73 bits per heavy atom. The van der Waals surface area contributed by atoms with Gasteiger partial charge in [-0.1, -0.05) is 41.0 Å². The van der Waals surface area contributed by atoms with E-state index in [0.717, 1.165) is 18.8 Å². The van der Waals surface area contributed by atoms with Gasteiger partial charge in [-0.25, -0.2) is 0 Å². The smallest absolute Gasteiger partial charge is 0.677 e.